The number of carbonyl (C=O) groups excluding carboxylic acids is 1. The first-order valence-corrected chi connectivity index (χ1v) is 9.89. The number of hydrogen-bond acceptors (Lipinski definition) is 7. The van der Waals surface area contributed by atoms with E-state index in [1.54, 1.807) is 19.1 Å². The van der Waals surface area contributed by atoms with Gasteiger partial charge in [0.2, 0.25) is 5.82 Å². The monoisotopic (exact) mass is 424 g/mol. The number of ether oxygens (including phenoxy) is 3. The van der Waals surface area contributed by atoms with Gasteiger partial charge >= 0.3 is 6.03 Å². The van der Waals surface area contributed by atoms with Crippen molar-refractivity contribution in [1.29, 1.82) is 0 Å². The zero-order valence-electron chi connectivity index (χ0n) is 17.4. The van der Waals surface area contributed by atoms with Crippen molar-refractivity contribution in [2.24, 2.45) is 0 Å². The van der Waals surface area contributed by atoms with Gasteiger partial charge in [-0.15, -0.1) is 0 Å². The van der Waals surface area contributed by atoms with E-state index in [4.69, 9.17) is 18.7 Å². The van der Waals surface area contributed by atoms with Crippen LogP contribution in [-0.4, -0.2) is 54.5 Å². The normalized spacial score (nSPS) is 13.5. The van der Waals surface area contributed by atoms with Gasteiger partial charge in [-0.3, -0.25) is 0 Å². The molecular formula is C22H24N4O5. The van der Waals surface area contributed by atoms with Crippen LogP contribution in [0.2, 0.25) is 0 Å². The van der Waals surface area contributed by atoms with Gasteiger partial charge in [0.05, 0.1) is 20.2 Å². The third-order valence-corrected chi connectivity index (χ3v) is 4.89. The lowest BCUT2D eigenvalue weighted by atomic mass is 10.1. The lowest BCUT2D eigenvalue weighted by Gasteiger charge is -2.38. The van der Waals surface area contributed by atoms with E-state index in [9.17, 15) is 4.79 Å². The zero-order chi connectivity index (χ0) is 21.6. The van der Waals surface area contributed by atoms with Crippen molar-refractivity contribution in [3.05, 3.63) is 60.0 Å². The average Bonchev–Trinajstić information content (AvgIpc) is 3.24. The maximum atomic E-state index is 12.3. The van der Waals surface area contributed by atoms with Crippen LogP contribution in [0.4, 0.5) is 4.79 Å². The molecule has 162 valence electrons. The van der Waals surface area contributed by atoms with Gasteiger partial charge in [-0.25, -0.2) is 4.79 Å². The summed E-state index contributed by atoms with van der Waals surface area (Å²) < 4.78 is 21.2. The molecule has 1 aliphatic rings. The summed E-state index contributed by atoms with van der Waals surface area (Å²) >= 11 is 0. The van der Waals surface area contributed by atoms with E-state index in [1.807, 2.05) is 48.5 Å². The highest BCUT2D eigenvalue weighted by molar-refractivity contribution is 5.75. The molecule has 0 radical (unpaired) electrons. The van der Waals surface area contributed by atoms with Gasteiger partial charge in [-0.05, 0) is 42.0 Å². The summed E-state index contributed by atoms with van der Waals surface area (Å²) in [6.07, 6.45) is -0.0314. The van der Waals surface area contributed by atoms with Crippen molar-refractivity contribution in [2.75, 3.05) is 27.3 Å². The van der Waals surface area contributed by atoms with Gasteiger partial charge in [0, 0.05) is 19.2 Å². The van der Waals surface area contributed by atoms with Crippen molar-refractivity contribution in [1.82, 2.24) is 20.4 Å². The molecule has 0 bridgehead atoms. The largest absolute Gasteiger partial charge is 0.497 e. The smallest absolute Gasteiger partial charge is 0.317 e. The molecule has 0 atom stereocenters. The van der Waals surface area contributed by atoms with Crippen LogP contribution in [0.15, 0.2) is 53.1 Å². The number of hydrogen-bond donors (Lipinski definition) is 1. The van der Waals surface area contributed by atoms with Crippen LogP contribution in [0.25, 0.3) is 11.4 Å². The molecule has 0 spiro atoms. The number of likely N-dealkylation sites (tertiary alicyclic amines) is 1. The molecule has 31 heavy (non-hydrogen) atoms. The first-order valence-electron chi connectivity index (χ1n) is 9.89. The summed E-state index contributed by atoms with van der Waals surface area (Å²) in [6, 6.07) is 14.9. The number of rotatable bonds is 8. The van der Waals surface area contributed by atoms with E-state index in [-0.39, 0.29) is 18.7 Å². The predicted octanol–water partition coefficient (Wildman–Crippen LogP) is 2.86. The molecule has 9 heteroatoms. The Balaban J connectivity index is 1.21. The molecule has 0 aliphatic carbocycles. The summed E-state index contributed by atoms with van der Waals surface area (Å²) in [6.45, 7) is 1.83. The maximum Gasteiger partial charge on any atom is 0.317 e. The molecule has 1 saturated heterocycles. The number of methoxy groups -OCH3 is 2. The molecule has 1 aliphatic heterocycles. The lowest BCUT2D eigenvalue weighted by molar-refractivity contribution is 0.0443. The Morgan fingerprint density at radius 1 is 1.10 bits per heavy atom. The van der Waals surface area contributed by atoms with Gasteiger partial charge in [0.15, 0.2) is 0 Å². The fourth-order valence-corrected chi connectivity index (χ4v) is 3.14. The summed E-state index contributed by atoms with van der Waals surface area (Å²) in [4.78, 5) is 18.3. The quantitative estimate of drug-likeness (QED) is 0.594. The molecular weight excluding hydrogens is 400 g/mol. The Morgan fingerprint density at radius 2 is 1.81 bits per heavy atom. The topological polar surface area (TPSA) is 99.0 Å². The molecule has 9 nitrogen and oxygen atoms in total. The number of nitrogens with one attached hydrogen (secondary N) is 1. The molecule has 4 rings (SSSR count). The number of carbonyl (C=O) groups is 1. The third kappa shape index (κ3) is 5.13. The van der Waals surface area contributed by atoms with Gasteiger partial charge in [0.25, 0.3) is 5.89 Å². The second-order valence-electron chi connectivity index (χ2n) is 7.12. The number of benzene rings is 2. The van der Waals surface area contributed by atoms with E-state index in [2.05, 4.69) is 15.5 Å². The number of urea groups is 1. The molecule has 1 aromatic heterocycles. The first-order chi connectivity index (χ1) is 15.1. The van der Waals surface area contributed by atoms with Crippen molar-refractivity contribution < 1.29 is 23.5 Å². The number of amides is 2. The Labute approximate surface area is 179 Å². The van der Waals surface area contributed by atoms with E-state index in [0.29, 0.717) is 31.3 Å². The zero-order valence-corrected chi connectivity index (χ0v) is 17.4. The van der Waals surface area contributed by atoms with Crippen LogP contribution in [0.5, 0.6) is 11.5 Å². The summed E-state index contributed by atoms with van der Waals surface area (Å²) in [5.41, 5.74) is 1.84. The molecule has 0 unspecified atom stereocenters. The van der Waals surface area contributed by atoms with E-state index in [1.165, 1.54) is 0 Å². The summed E-state index contributed by atoms with van der Waals surface area (Å²) in [5, 5.41) is 6.85. The minimum absolute atomic E-state index is 0.0314. The highest BCUT2D eigenvalue weighted by atomic mass is 16.5. The minimum Gasteiger partial charge on any atom is -0.497 e. The SMILES string of the molecule is COCc1nc(-c2ccc(OC3CN(C(=O)NCc4ccc(OC)cc4)C3)cc2)no1. The first kappa shape index (κ1) is 20.7. The lowest BCUT2D eigenvalue weighted by Crippen LogP contribution is -2.58. The van der Waals surface area contributed by atoms with E-state index < -0.39 is 0 Å². The van der Waals surface area contributed by atoms with Gasteiger partial charge < -0.3 is 29.0 Å². The van der Waals surface area contributed by atoms with E-state index in [0.717, 1.165) is 22.6 Å². The molecule has 1 fully saturated rings. The van der Waals surface area contributed by atoms with Crippen molar-refractivity contribution in [2.45, 2.75) is 19.3 Å². The second kappa shape index (κ2) is 9.48. The molecule has 2 amide bonds. The van der Waals surface area contributed by atoms with Gasteiger partial charge in [-0.1, -0.05) is 17.3 Å². The molecule has 0 saturated carbocycles. The number of aromatic nitrogens is 2. The van der Waals surface area contributed by atoms with Crippen molar-refractivity contribution in [3.63, 3.8) is 0 Å². The van der Waals surface area contributed by atoms with Crippen molar-refractivity contribution >= 4 is 6.03 Å². The van der Waals surface area contributed by atoms with Gasteiger partial charge in [0.1, 0.15) is 24.2 Å². The van der Waals surface area contributed by atoms with Crippen LogP contribution in [-0.2, 0) is 17.9 Å². The van der Waals surface area contributed by atoms with E-state index >= 15 is 0 Å². The summed E-state index contributed by atoms with van der Waals surface area (Å²) in [5.74, 6) is 2.45. The Morgan fingerprint density at radius 3 is 2.48 bits per heavy atom. The van der Waals surface area contributed by atoms with Crippen LogP contribution >= 0.6 is 0 Å². The number of nitrogens with zero attached hydrogens (tertiary/aromatic N) is 3. The molecule has 1 N–H and O–H groups in total. The Hall–Kier alpha value is -3.59. The third-order valence-electron chi connectivity index (χ3n) is 4.89. The van der Waals surface area contributed by atoms with Crippen LogP contribution in [0.3, 0.4) is 0 Å². The highest BCUT2D eigenvalue weighted by Crippen LogP contribution is 2.23. The maximum absolute atomic E-state index is 12.3. The van der Waals surface area contributed by atoms with Crippen LogP contribution in [0.1, 0.15) is 11.5 Å². The fourth-order valence-electron chi connectivity index (χ4n) is 3.14. The van der Waals surface area contributed by atoms with Crippen LogP contribution in [0, 0.1) is 0 Å². The molecule has 2 heterocycles. The van der Waals surface area contributed by atoms with Gasteiger partial charge in [-0.2, -0.15) is 4.98 Å². The second-order valence-corrected chi connectivity index (χ2v) is 7.12. The average molecular weight is 424 g/mol. The molecule has 2 aromatic carbocycles. The van der Waals surface area contributed by atoms with Crippen LogP contribution < -0.4 is 14.8 Å². The Bertz CT molecular complexity index is 998. The standard InChI is InChI=1S/C22H24N4O5/c1-28-14-20-24-21(25-31-20)16-5-9-18(10-6-16)30-19-12-26(13-19)22(27)23-11-15-3-7-17(29-2)8-4-15/h3-10,19H,11-14H2,1-2H3,(H,23,27). The molecule has 3 aromatic rings. The summed E-state index contributed by atoms with van der Waals surface area (Å²) in [7, 11) is 3.20. The Kier molecular flexibility index (Phi) is 6.32. The minimum atomic E-state index is -0.102. The highest BCUT2D eigenvalue weighted by Gasteiger charge is 2.32. The predicted molar refractivity (Wildman–Crippen MR) is 112 cm³/mol. The van der Waals surface area contributed by atoms with Crippen molar-refractivity contribution in [3.8, 4) is 22.9 Å². The fraction of sp³-hybridized carbons (Fsp3) is 0.318.